The van der Waals surface area contributed by atoms with Crippen LogP contribution in [0.3, 0.4) is 0 Å². The monoisotopic (exact) mass is 480 g/mol. The highest BCUT2D eigenvalue weighted by atomic mass is 35.5. The largest absolute Gasteiger partial charge is 0.489 e. The summed E-state index contributed by atoms with van der Waals surface area (Å²) in [6.45, 7) is 4.57. The topological polar surface area (TPSA) is 103 Å². The SMILES string of the molecule is C=C(c1cccc(OCc2cccc3oc(-c4nnn[nH]4)nc23)c1)c1ccc2ccc(Cl)cc2n1. The molecule has 6 aromatic rings. The maximum atomic E-state index is 6.14. The van der Waals surface area contributed by atoms with E-state index in [4.69, 9.17) is 25.7 Å². The molecule has 6 rings (SSSR count). The molecular formula is C26H17ClN6O2. The van der Waals surface area contributed by atoms with E-state index >= 15 is 0 Å². The normalized spacial score (nSPS) is 11.2. The fraction of sp³-hybridized carbons (Fsp3) is 0.0385. The number of halogens is 1. The van der Waals surface area contributed by atoms with Gasteiger partial charge in [0.25, 0.3) is 5.89 Å². The van der Waals surface area contributed by atoms with E-state index in [2.05, 4.69) is 32.2 Å². The molecule has 0 radical (unpaired) electrons. The highest BCUT2D eigenvalue weighted by Gasteiger charge is 2.14. The van der Waals surface area contributed by atoms with Gasteiger partial charge in [-0.15, -0.1) is 5.10 Å². The summed E-state index contributed by atoms with van der Waals surface area (Å²) in [5, 5.41) is 15.3. The van der Waals surface area contributed by atoms with Crippen molar-refractivity contribution >= 4 is 39.2 Å². The minimum absolute atomic E-state index is 0.306. The van der Waals surface area contributed by atoms with E-state index in [1.54, 1.807) is 0 Å². The van der Waals surface area contributed by atoms with Crippen LogP contribution in [0.15, 0.2) is 83.8 Å². The van der Waals surface area contributed by atoms with Crippen LogP contribution in [0.4, 0.5) is 0 Å². The van der Waals surface area contributed by atoms with Crippen molar-refractivity contribution in [2.45, 2.75) is 6.61 Å². The van der Waals surface area contributed by atoms with Crippen LogP contribution in [-0.4, -0.2) is 30.6 Å². The number of hydrogen-bond acceptors (Lipinski definition) is 7. The Labute approximate surface area is 204 Å². The first kappa shape index (κ1) is 21.0. The Morgan fingerprint density at radius 3 is 2.77 bits per heavy atom. The van der Waals surface area contributed by atoms with Crippen molar-refractivity contribution in [2.75, 3.05) is 0 Å². The van der Waals surface area contributed by atoms with Crippen molar-refractivity contribution in [3.8, 4) is 17.5 Å². The Morgan fingerprint density at radius 1 is 1.00 bits per heavy atom. The molecule has 0 saturated heterocycles. The van der Waals surface area contributed by atoms with Crippen molar-refractivity contribution in [3.63, 3.8) is 0 Å². The molecule has 0 bridgehead atoms. The third-order valence-electron chi connectivity index (χ3n) is 5.59. The first-order valence-corrected chi connectivity index (χ1v) is 11.1. The number of nitrogens with zero attached hydrogens (tertiary/aromatic N) is 5. The minimum Gasteiger partial charge on any atom is -0.489 e. The molecule has 0 unspecified atom stereocenters. The number of rotatable bonds is 6. The highest BCUT2D eigenvalue weighted by Crippen LogP contribution is 2.28. The number of benzene rings is 3. The Balaban J connectivity index is 1.24. The number of nitrogens with one attached hydrogen (secondary N) is 1. The Bertz CT molecular complexity index is 1690. The summed E-state index contributed by atoms with van der Waals surface area (Å²) in [5.74, 6) is 1.39. The van der Waals surface area contributed by atoms with E-state index in [0.29, 0.717) is 40.2 Å². The van der Waals surface area contributed by atoms with Crippen molar-refractivity contribution in [1.82, 2.24) is 30.6 Å². The lowest BCUT2D eigenvalue weighted by Crippen LogP contribution is -1.97. The molecule has 3 heterocycles. The Hall–Kier alpha value is -4.56. The lowest BCUT2D eigenvalue weighted by atomic mass is 10.0. The molecule has 9 heteroatoms. The van der Waals surface area contributed by atoms with Crippen LogP contribution in [0.5, 0.6) is 5.75 Å². The molecule has 0 amide bonds. The molecule has 0 aliphatic carbocycles. The molecule has 0 aliphatic rings. The van der Waals surface area contributed by atoms with Gasteiger partial charge in [0.1, 0.15) is 17.9 Å². The summed E-state index contributed by atoms with van der Waals surface area (Å²) in [6.07, 6.45) is 0. The maximum absolute atomic E-state index is 6.14. The molecule has 0 fully saturated rings. The van der Waals surface area contributed by atoms with Gasteiger partial charge in [0, 0.05) is 21.5 Å². The van der Waals surface area contributed by atoms with Crippen molar-refractivity contribution < 1.29 is 9.15 Å². The van der Waals surface area contributed by atoms with E-state index < -0.39 is 0 Å². The van der Waals surface area contributed by atoms with Gasteiger partial charge < -0.3 is 9.15 Å². The molecule has 3 aromatic carbocycles. The molecule has 35 heavy (non-hydrogen) atoms. The van der Waals surface area contributed by atoms with Gasteiger partial charge >= 0.3 is 0 Å². The van der Waals surface area contributed by atoms with Gasteiger partial charge in [-0.2, -0.15) is 0 Å². The quantitative estimate of drug-likeness (QED) is 0.319. The van der Waals surface area contributed by atoms with Crippen LogP contribution in [-0.2, 0) is 6.61 Å². The number of oxazole rings is 1. The van der Waals surface area contributed by atoms with Crippen LogP contribution in [0.25, 0.3) is 39.3 Å². The van der Waals surface area contributed by atoms with Crippen molar-refractivity contribution in [1.29, 1.82) is 0 Å². The van der Waals surface area contributed by atoms with Gasteiger partial charge in [-0.3, -0.25) is 0 Å². The van der Waals surface area contributed by atoms with Crippen LogP contribution in [0.2, 0.25) is 5.02 Å². The summed E-state index contributed by atoms with van der Waals surface area (Å²) < 4.78 is 11.9. The number of tetrazole rings is 1. The van der Waals surface area contributed by atoms with E-state index in [1.165, 1.54) is 0 Å². The lowest BCUT2D eigenvalue weighted by molar-refractivity contribution is 0.307. The Morgan fingerprint density at radius 2 is 1.89 bits per heavy atom. The number of fused-ring (bicyclic) bond motifs is 2. The fourth-order valence-corrected chi connectivity index (χ4v) is 3.98. The van der Waals surface area contributed by atoms with Gasteiger partial charge in [-0.1, -0.05) is 54.6 Å². The molecule has 0 spiro atoms. The summed E-state index contributed by atoms with van der Waals surface area (Å²) in [6, 6.07) is 23.1. The summed E-state index contributed by atoms with van der Waals surface area (Å²) >= 11 is 6.14. The average Bonchev–Trinajstić information content (AvgIpc) is 3.57. The van der Waals surface area contributed by atoms with E-state index in [9.17, 15) is 0 Å². The van der Waals surface area contributed by atoms with E-state index in [1.807, 2.05) is 72.8 Å². The predicted octanol–water partition coefficient (Wildman–Crippen LogP) is 5.85. The van der Waals surface area contributed by atoms with Crippen LogP contribution in [0.1, 0.15) is 16.8 Å². The fourth-order valence-electron chi connectivity index (χ4n) is 3.81. The van der Waals surface area contributed by atoms with E-state index in [-0.39, 0.29) is 0 Å². The zero-order valence-electron chi connectivity index (χ0n) is 18.3. The molecule has 0 saturated carbocycles. The molecule has 8 nitrogen and oxygen atoms in total. The predicted molar refractivity (Wildman–Crippen MR) is 133 cm³/mol. The Kier molecular flexibility index (Phi) is 5.20. The number of aromatic amines is 1. The van der Waals surface area contributed by atoms with Gasteiger partial charge in [0.15, 0.2) is 5.58 Å². The number of aromatic nitrogens is 6. The van der Waals surface area contributed by atoms with Crippen LogP contribution < -0.4 is 4.74 Å². The highest BCUT2D eigenvalue weighted by molar-refractivity contribution is 6.31. The summed E-state index contributed by atoms with van der Waals surface area (Å²) in [4.78, 5) is 9.26. The molecule has 0 aliphatic heterocycles. The zero-order valence-corrected chi connectivity index (χ0v) is 19.0. The third kappa shape index (κ3) is 4.11. The molecule has 170 valence electrons. The molecule has 0 atom stereocenters. The number of para-hydroxylation sites is 1. The summed E-state index contributed by atoms with van der Waals surface area (Å²) in [7, 11) is 0. The van der Waals surface area contributed by atoms with Gasteiger partial charge in [-0.25, -0.2) is 15.1 Å². The van der Waals surface area contributed by atoms with Gasteiger partial charge in [0.2, 0.25) is 5.82 Å². The minimum atomic E-state index is 0.306. The van der Waals surface area contributed by atoms with Gasteiger partial charge in [-0.05, 0) is 52.4 Å². The maximum Gasteiger partial charge on any atom is 0.267 e. The third-order valence-corrected chi connectivity index (χ3v) is 5.83. The number of pyridine rings is 1. The number of hydrogen-bond donors (Lipinski definition) is 1. The lowest BCUT2D eigenvalue weighted by Gasteiger charge is -2.11. The second kappa shape index (κ2) is 8.66. The van der Waals surface area contributed by atoms with Crippen LogP contribution >= 0.6 is 11.6 Å². The van der Waals surface area contributed by atoms with Crippen LogP contribution in [0, 0.1) is 0 Å². The second-order valence-corrected chi connectivity index (χ2v) is 8.30. The standard InChI is InChI=1S/C26H17ClN6O2/c1-15(21-11-9-16-8-10-19(27)13-22(16)28-21)17-4-2-6-20(12-17)34-14-18-5-3-7-23-24(18)29-26(35-23)25-30-32-33-31-25/h2-13H,1,14H2,(H,30,31,32,33). The molecule has 3 aromatic heterocycles. The zero-order chi connectivity index (χ0) is 23.8. The first-order valence-electron chi connectivity index (χ1n) is 10.8. The first-order chi connectivity index (χ1) is 17.1. The number of ether oxygens (including phenoxy) is 1. The number of H-pyrrole nitrogens is 1. The molecule has 1 N–H and O–H groups in total. The van der Waals surface area contributed by atoms with E-state index in [0.717, 1.165) is 33.3 Å². The van der Waals surface area contributed by atoms with Crippen molar-refractivity contribution in [3.05, 3.63) is 101 Å². The van der Waals surface area contributed by atoms with Crippen molar-refractivity contribution in [2.24, 2.45) is 0 Å². The summed E-state index contributed by atoms with van der Waals surface area (Å²) in [5.41, 5.74) is 5.50. The van der Waals surface area contributed by atoms with Gasteiger partial charge in [0.05, 0.1) is 11.2 Å². The average molecular weight is 481 g/mol. The molecular weight excluding hydrogens is 464 g/mol. The smallest absolute Gasteiger partial charge is 0.267 e. The second-order valence-electron chi connectivity index (χ2n) is 7.86.